The Morgan fingerprint density at radius 1 is 1.30 bits per heavy atom. The molecular formula is C20H29N5OS. The molecule has 0 aliphatic carbocycles. The molecule has 0 aromatic carbocycles. The molecule has 4 rings (SSSR count). The monoisotopic (exact) mass is 387 g/mol. The quantitative estimate of drug-likeness (QED) is 0.876. The number of aromatic nitrogens is 2. The maximum atomic E-state index is 13.0. The van der Waals surface area contributed by atoms with Crippen LogP contribution in [0.3, 0.4) is 0 Å². The molecule has 2 N–H and O–H groups in total. The number of carbonyl (C=O) groups excluding carboxylic acids is 1. The van der Waals surface area contributed by atoms with E-state index in [2.05, 4.69) is 35.6 Å². The van der Waals surface area contributed by atoms with Crippen molar-refractivity contribution in [3.05, 3.63) is 16.8 Å². The highest BCUT2D eigenvalue weighted by Crippen LogP contribution is 2.36. The number of anilines is 1. The Kier molecular flexibility index (Phi) is 4.84. The van der Waals surface area contributed by atoms with E-state index in [-0.39, 0.29) is 11.3 Å². The van der Waals surface area contributed by atoms with Gasteiger partial charge in [0.05, 0.1) is 5.39 Å². The van der Waals surface area contributed by atoms with Crippen molar-refractivity contribution in [3.63, 3.8) is 0 Å². The number of aryl methyl sites for hydroxylation is 2. The van der Waals surface area contributed by atoms with Crippen LogP contribution in [-0.4, -0.2) is 53.5 Å². The summed E-state index contributed by atoms with van der Waals surface area (Å²) >= 11 is 1.73. The van der Waals surface area contributed by atoms with E-state index in [9.17, 15) is 4.79 Å². The fraction of sp³-hybridized carbons (Fsp3) is 0.650. The number of rotatable bonds is 3. The zero-order valence-corrected chi connectivity index (χ0v) is 17.3. The zero-order chi connectivity index (χ0) is 19.2. The van der Waals surface area contributed by atoms with Crippen molar-refractivity contribution in [2.24, 2.45) is 17.1 Å². The first-order valence-electron chi connectivity index (χ1n) is 9.86. The molecule has 1 unspecified atom stereocenters. The smallest absolute Gasteiger partial charge is 0.225 e. The summed E-state index contributed by atoms with van der Waals surface area (Å²) in [6.07, 6.45) is 4.47. The number of nitrogens with two attached hydrogens (primary N) is 1. The Balaban J connectivity index is 1.45. The van der Waals surface area contributed by atoms with Crippen LogP contribution in [0.2, 0.25) is 0 Å². The number of nitrogens with zero attached hydrogens (tertiary/aromatic N) is 4. The summed E-state index contributed by atoms with van der Waals surface area (Å²) in [4.78, 5) is 28.7. The Morgan fingerprint density at radius 2 is 2.04 bits per heavy atom. The Labute approximate surface area is 164 Å². The summed E-state index contributed by atoms with van der Waals surface area (Å²) in [5, 5.41) is 1.18. The molecule has 27 heavy (non-hydrogen) atoms. The van der Waals surface area contributed by atoms with E-state index in [1.807, 2.05) is 4.90 Å². The molecule has 1 amide bonds. The number of fused-ring (bicyclic) bond motifs is 1. The maximum Gasteiger partial charge on any atom is 0.225 e. The molecule has 7 heteroatoms. The van der Waals surface area contributed by atoms with E-state index in [0.29, 0.717) is 12.5 Å². The van der Waals surface area contributed by atoms with Gasteiger partial charge in [-0.3, -0.25) is 4.79 Å². The molecule has 1 atom stereocenters. The topological polar surface area (TPSA) is 75.4 Å². The van der Waals surface area contributed by atoms with Crippen molar-refractivity contribution < 1.29 is 4.79 Å². The molecule has 2 aromatic rings. The molecule has 2 aliphatic heterocycles. The minimum Gasteiger partial charge on any atom is -0.356 e. The lowest BCUT2D eigenvalue weighted by Gasteiger charge is -2.34. The molecule has 6 nitrogen and oxygen atoms in total. The fourth-order valence-corrected chi connectivity index (χ4v) is 5.37. The molecule has 146 valence electrons. The van der Waals surface area contributed by atoms with Gasteiger partial charge in [0.25, 0.3) is 0 Å². The van der Waals surface area contributed by atoms with Crippen LogP contribution in [0.4, 0.5) is 5.82 Å². The number of hydrogen-bond donors (Lipinski definition) is 1. The van der Waals surface area contributed by atoms with Crippen LogP contribution < -0.4 is 10.6 Å². The highest BCUT2D eigenvalue weighted by atomic mass is 32.1. The Bertz CT molecular complexity index is 857. The molecule has 0 spiro atoms. The average Bonchev–Trinajstić information content (AvgIpc) is 3.22. The minimum atomic E-state index is 0.0945. The largest absolute Gasteiger partial charge is 0.356 e. The molecule has 0 bridgehead atoms. The van der Waals surface area contributed by atoms with Gasteiger partial charge in [0.2, 0.25) is 5.91 Å². The average molecular weight is 388 g/mol. The predicted molar refractivity (Wildman–Crippen MR) is 110 cm³/mol. The fourth-order valence-electron chi connectivity index (χ4n) is 4.38. The van der Waals surface area contributed by atoms with Crippen molar-refractivity contribution in [2.45, 2.75) is 40.0 Å². The van der Waals surface area contributed by atoms with Crippen LogP contribution in [0.25, 0.3) is 10.2 Å². The Hall–Kier alpha value is -1.73. The van der Waals surface area contributed by atoms with E-state index in [1.165, 1.54) is 15.8 Å². The third-order valence-electron chi connectivity index (χ3n) is 6.45. The third kappa shape index (κ3) is 3.31. The molecule has 2 fully saturated rings. The third-order valence-corrected chi connectivity index (χ3v) is 7.57. The predicted octanol–water partition coefficient (Wildman–Crippen LogP) is 2.72. The highest BCUT2D eigenvalue weighted by Gasteiger charge is 2.38. The summed E-state index contributed by atoms with van der Waals surface area (Å²) < 4.78 is 0. The first kappa shape index (κ1) is 18.6. The number of piperidine rings is 1. The van der Waals surface area contributed by atoms with Gasteiger partial charge < -0.3 is 15.5 Å². The lowest BCUT2D eigenvalue weighted by molar-refractivity contribution is -0.135. The van der Waals surface area contributed by atoms with Gasteiger partial charge in [-0.2, -0.15) is 0 Å². The highest BCUT2D eigenvalue weighted by molar-refractivity contribution is 7.18. The normalized spacial score (nSPS) is 24.1. The molecule has 2 saturated heterocycles. The lowest BCUT2D eigenvalue weighted by atomic mass is 9.90. The van der Waals surface area contributed by atoms with E-state index < -0.39 is 0 Å². The number of thiophene rings is 1. The van der Waals surface area contributed by atoms with E-state index >= 15 is 0 Å². The first-order chi connectivity index (χ1) is 12.9. The van der Waals surface area contributed by atoms with Crippen LogP contribution >= 0.6 is 11.3 Å². The second kappa shape index (κ2) is 7.02. The van der Waals surface area contributed by atoms with Crippen LogP contribution in [0.1, 0.15) is 36.6 Å². The van der Waals surface area contributed by atoms with Crippen molar-refractivity contribution in [1.82, 2.24) is 14.9 Å². The molecule has 0 saturated carbocycles. The van der Waals surface area contributed by atoms with E-state index in [1.54, 1.807) is 17.7 Å². The molecule has 0 radical (unpaired) electrons. The summed E-state index contributed by atoms with van der Waals surface area (Å²) in [5.41, 5.74) is 7.27. The number of carbonyl (C=O) groups is 1. The molecular weight excluding hydrogens is 358 g/mol. The second-order valence-corrected chi connectivity index (χ2v) is 9.65. The summed E-state index contributed by atoms with van der Waals surface area (Å²) in [6, 6.07) is 0. The lowest BCUT2D eigenvalue weighted by Crippen LogP contribution is -2.43. The van der Waals surface area contributed by atoms with Crippen LogP contribution in [0, 0.1) is 25.2 Å². The number of hydrogen-bond acceptors (Lipinski definition) is 6. The first-order valence-corrected chi connectivity index (χ1v) is 10.7. The van der Waals surface area contributed by atoms with E-state index in [4.69, 9.17) is 5.73 Å². The standard InChI is InChI=1S/C20H29N5OS/c1-13-14(2)27-18-16(13)17(22-12-23-18)24-7-4-15(5-8-24)19(26)25-9-6-20(3,10-21)11-25/h12,15H,4-11,21H2,1-3H3. The summed E-state index contributed by atoms with van der Waals surface area (Å²) in [7, 11) is 0. The van der Waals surface area contributed by atoms with Crippen LogP contribution in [0.5, 0.6) is 0 Å². The van der Waals surface area contributed by atoms with Gasteiger partial charge in [0.15, 0.2) is 0 Å². The zero-order valence-electron chi connectivity index (χ0n) is 16.5. The van der Waals surface area contributed by atoms with Gasteiger partial charge in [-0.1, -0.05) is 6.92 Å². The summed E-state index contributed by atoms with van der Waals surface area (Å²) in [5.74, 6) is 1.48. The van der Waals surface area contributed by atoms with Crippen molar-refractivity contribution in [3.8, 4) is 0 Å². The van der Waals surface area contributed by atoms with Gasteiger partial charge in [0.1, 0.15) is 17.0 Å². The van der Waals surface area contributed by atoms with Crippen LogP contribution in [0.15, 0.2) is 6.33 Å². The number of amides is 1. The van der Waals surface area contributed by atoms with E-state index in [0.717, 1.165) is 56.1 Å². The van der Waals surface area contributed by atoms with Gasteiger partial charge in [-0.25, -0.2) is 9.97 Å². The van der Waals surface area contributed by atoms with Gasteiger partial charge in [0, 0.05) is 37.0 Å². The second-order valence-electron chi connectivity index (χ2n) is 8.45. The van der Waals surface area contributed by atoms with Crippen molar-refractivity contribution >= 4 is 33.3 Å². The molecule has 4 heterocycles. The molecule has 2 aromatic heterocycles. The molecule has 2 aliphatic rings. The van der Waals surface area contributed by atoms with Gasteiger partial charge >= 0.3 is 0 Å². The van der Waals surface area contributed by atoms with Crippen molar-refractivity contribution in [1.29, 1.82) is 0 Å². The van der Waals surface area contributed by atoms with Crippen LogP contribution in [-0.2, 0) is 4.79 Å². The SMILES string of the molecule is Cc1sc2ncnc(N3CCC(C(=O)N4CCC(C)(CN)C4)CC3)c2c1C. The maximum absolute atomic E-state index is 13.0. The van der Waals surface area contributed by atoms with Gasteiger partial charge in [-0.05, 0) is 50.6 Å². The number of likely N-dealkylation sites (tertiary alicyclic amines) is 1. The minimum absolute atomic E-state index is 0.0945. The Morgan fingerprint density at radius 3 is 2.70 bits per heavy atom. The summed E-state index contributed by atoms with van der Waals surface area (Å²) in [6.45, 7) is 10.5. The van der Waals surface area contributed by atoms with Crippen molar-refractivity contribution in [2.75, 3.05) is 37.6 Å². The van der Waals surface area contributed by atoms with Gasteiger partial charge in [-0.15, -0.1) is 11.3 Å².